The van der Waals surface area contributed by atoms with Crippen LogP contribution >= 0.6 is 0 Å². The van der Waals surface area contributed by atoms with Crippen molar-refractivity contribution in [2.75, 3.05) is 35.3 Å². The van der Waals surface area contributed by atoms with E-state index in [0.29, 0.717) is 36.0 Å². The number of carbonyl (C=O) groups is 2. The van der Waals surface area contributed by atoms with Gasteiger partial charge in [-0.25, -0.2) is 4.79 Å². The van der Waals surface area contributed by atoms with Gasteiger partial charge in [0, 0.05) is 11.4 Å². The Labute approximate surface area is 180 Å². The second kappa shape index (κ2) is 9.21. The van der Waals surface area contributed by atoms with E-state index in [1.807, 2.05) is 49.4 Å². The summed E-state index contributed by atoms with van der Waals surface area (Å²) in [6.07, 6.45) is 0. The first kappa shape index (κ1) is 20.3. The summed E-state index contributed by atoms with van der Waals surface area (Å²) in [6, 6.07) is 21.8. The van der Waals surface area contributed by atoms with Crippen LogP contribution in [0, 0.1) is 6.92 Å². The number of nitrogens with zero attached hydrogens (tertiary/aromatic N) is 1. The quantitative estimate of drug-likeness (QED) is 0.621. The normalized spacial score (nSPS) is 12.5. The monoisotopic (exact) mass is 417 g/mol. The molecule has 0 radical (unpaired) electrons. The second-order valence-corrected chi connectivity index (χ2v) is 7.13. The summed E-state index contributed by atoms with van der Waals surface area (Å²) in [6.45, 7) is 2.67. The first-order valence-electron chi connectivity index (χ1n) is 9.98. The molecular weight excluding hydrogens is 394 g/mol. The van der Waals surface area contributed by atoms with E-state index in [-0.39, 0.29) is 18.5 Å². The molecule has 31 heavy (non-hydrogen) atoms. The summed E-state index contributed by atoms with van der Waals surface area (Å²) in [5, 5.41) is 5.55. The zero-order chi connectivity index (χ0) is 21.6. The molecule has 1 heterocycles. The Morgan fingerprint density at radius 3 is 2.61 bits per heavy atom. The zero-order valence-electron chi connectivity index (χ0n) is 17.1. The van der Waals surface area contributed by atoms with E-state index in [2.05, 4.69) is 10.6 Å². The highest BCUT2D eigenvalue weighted by atomic mass is 16.5. The van der Waals surface area contributed by atoms with Crippen molar-refractivity contribution < 1.29 is 19.1 Å². The number of amides is 3. The zero-order valence-corrected chi connectivity index (χ0v) is 17.1. The molecule has 2 N–H and O–H groups in total. The van der Waals surface area contributed by atoms with Crippen molar-refractivity contribution in [3.63, 3.8) is 0 Å². The van der Waals surface area contributed by atoms with Crippen molar-refractivity contribution in [2.45, 2.75) is 6.92 Å². The van der Waals surface area contributed by atoms with E-state index >= 15 is 0 Å². The molecule has 3 aromatic carbocycles. The average Bonchev–Trinajstić information content (AvgIpc) is 2.76. The molecule has 4 rings (SSSR count). The van der Waals surface area contributed by atoms with Crippen LogP contribution in [0.4, 0.5) is 21.9 Å². The summed E-state index contributed by atoms with van der Waals surface area (Å²) >= 11 is 0. The van der Waals surface area contributed by atoms with Crippen LogP contribution in [0.25, 0.3) is 0 Å². The fourth-order valence-corrected chi connectivity index (χ4v) is 3.30. The van der Waals surface area contributed by atoms with Crippen molar-refractivity contribution in [3.8, 4) is 11.5 Å². The van der Waals surface area contributed by atoms with Gasteiger partial charge in [0.25, 0.3) is 5.91 Å². The first-order valence-corrected chi connectivity index (χ1v) is 9.98. The molecule has 1 aliphatic heterocycles. The van der Waals surface area contributed by atoms with E-state index in [0.717, 1.165) is 11.3 Å². The maximum Gasteiger partial charge on any atom is 0.323 e. The minimum Gasteiger partial charge on any atom is -0.492 e. The molecule has 158 valence electrons. The van der Waals surface area contributed by atoms with Crippen LogP contribution in [-0.4, -0.2) is 31.7 Å². The summed E-state index contributed by atoms with van der Waals surface area (Å²) in [5.74, 6) is 1.18. The van der Waals surface area contributed by atoms with Gasteiger partial charge in [-0.2, -0.15) is 0 Å². The largest absolute Gasteiger partial charge is 0.492 e. The molecule has 7 heteroatoms. The van der Waals surface area contributed by atoms with E-state index in [1.165, 1.54) is 0 Å². The number of urea groups is 1. The lowest BCUT2D eigenvalue weighted by atomic mass is 10.2. The Balaban J connectivity index is 1.43. The van der Waals surface area contributed by atoms with Crippen LogP contribution in [0.3, 0.4) is 0 Å². The van der Waals surface area contributed by atoms with Gasteiger partial charge in [0.05, 0.1) is 12.2 Å². The van der Waals surface area contributed by atoms with Crippen LogP contribution < -0.4 is 25.0 Å². The Morgan fingerprint density at radius 1 is 1.00 bits per heavy atom. The smallest absolute Gasteiger partial charge is 0.323 e. The number of fused-ring (bicyclic) bond motifs is 1. The number of para-hydroxylation sites is 1. The fraction of sp³-hybridized carbons (Fsp3) is 0.167. The number of anilines is 3. The summed E-state index contributed by atoms with van der Waals surface area (Å²) < 4.78 is 11.3. The molecule has 0 bridgehead atoms. The van der Waals surface area contributed by atoms with Crippen LogP contribution in [-0.2, 0) is 4.79 Å². The molecule has 0 unspecified atom stereocenters. The molecule has 0 fully saturated rings. The van der Waals surface area contributed by atoms with Crippen molar-refractivity contribution in [2.24, 2.45) is 0 Å². The lowest BCUT2D eigenvalue weighted by Gasteiger charge is -2.29. The van der Waals surface area contributed by atoms with Gasteiger partial charge in [0.1, 0.15) is 18.1 Å². The van der Waals surface area contributed by atoms with Crippen molar-refractivity contribution in [1.82, 2.24) is 0 Å². The van der Waals surface area contributed by atoms with Crippen LogP contribution in [0.2, 0.25) is 0 Å². The topological polar surface area (TPSA) is 79.9 Å². The summed E-state index contributed by atoms with van der Waals surface area (Å²) in [7, 11) is 0. The summed E-state index contributed by atoms with van der Waals surface area (Å²) in [5.41, 5.74) is 2.94. The van der Waals surface area contributed by atoms with Crippen LogP contribution in [0.1, 0.15) is 5.56 Å². The standard InChI is InChI=1S/C24H23N3O4/c1-17-6-5-9-20(14-17)30-13-12-27-21-15-19(10-11-22(21)31-16-23(27)28)26-24(29)25-18-7-3-2-4-8-18/h2-11,14-15H,12-13,16H2,1H3,(H2,25,26,29). The Hall–Kier alpha value is -4.00. The van der Waals surface area contributed by atoms with Gasteiger partial charge >= 0.3 is 6.03 Å². The number of benzene rings is 3. The van der Waals surface area contributed by atoms with Gasteiger partial charge in [-0.3, -0.25) is 4.79 Å². The lowest BCUT2D eigenvalue weighted by molar-refractivity contribution is -0.121. The fourth-order valence-electron chi connectivity index (χ4n) is 3.30. The number of hydrogen-bond acceptors (Lipinski definition) is 4. The highest BCUT2D eigenvalue weighted by molar-refractivity contribution is 6.02. The number of hydrogen-bond donors (Lipinski definition) is 2. The molecule has 7 nitrogen and oxygen atoms in total. The Kier molecular flexibility index (Phi) is 6.03. The van der Waals surface area contributed by atoms with E-state index in [1.54, 1.807) is 35.2 Å². The van der Waals surface area contributed by atoms with Gasteiger partial charge in [-0.05, 0) is 55.0 Å². The van der Waals surface area contributed by atoms with Crippen LogP contribution in [0.5, 0.6) is 11.5 Å². The second-order valence-electron chi connectivity index (χ2n) is 7.13. The average molecular weight is 417 g/mol. The predicted octanol–water partition coefficient (Wildman–Crippen LogP) is 4.44. The van der Waals surface area contributed by atoms with E-state index < -0.39 is 0 Å². The number of carbonyl (C=O) groups excluding carboxylic acids is 2. The van der Waals surface area contributed by atoms with Gasteiger partial charge in [-0.1, -0.05) is 30.3 Å². The Bertz CT molecular complexity index is 1090. The molecule has 0 saturated carbocycles. The van der Waals surface area contributed by atoms with Crippen molar-refractivity contribution in [3.05, 3.63) is 78.4 Å². The molecule has 0 aromatic heterocycles. The summed E-state index contributed by atoms with van der Waals surface area (Å²) in [4.78, 5) is 26.4. The number of aryl methyl sites for hydroxylation is 1. The number of nitrogens with one attached hydrogen (secondary N) is 2. The van der Waals surface area contributed by atoms with E-state index in [9.17, 15) is 9.59 Å². The maximum atomic E-state index is 12.5. The minimum absolute atomic E-state index is 0.0291. The minimum atomic E-state index is -0.372. The molecule has 0 aliphatic carbocycles. The van der Waals surface area contributed by atoms with Crippen molar-refractivity contribution >= 4 is 29.0 Å². The maximum absolute atomic E-state index is 12.5. The third-order valence-electron chi connectivity index (χ3n) is 4.76. The highest BCUT2D eigenvalue weighted by Crippen LogP contribution is 2.34. The van der Waals surface area contributed by atoms with Gasteiger partial charge in [0.15, 0.2) is 6.61 Å². The molecule has 1 aliphatic rings. The molecule has 0 saturated heterocycles. The third kappa shape index (κ3) is 5.14. The van der Waals surface area contributed by atoms with Crippen LogP contribution in [0.15, 0.2) is 72.8 Å². The third-order valence-corrected chi connectivity index (χ3v) is 4.76. The highest BCUT2D eigenvalue weighted by Gasteiger charge is 2.26. The number of ether oxygens (including phenoxy) is 2. The molecule has 3 amide bonds. The Morgan fingerprint density at radius 2 is 1.81 bits per heavy atom. The van der Waals surface area contributed by atoms with Crippen molar-refractivity contribution in [1.29, 1.82) is 0 Å². The molecule has 0 spiro atoms. The SMILES string of the molecule is Cc1cccc(OCCN2C(=O)COc3ccc(NC(=O)Nc4ccccc4)cc32)c1. The molecule has 0 atom stereocenters. The molecule has 3 aromatic rings. The predicted molar refractivity (Wildman–Crippen MR) is 120 cm³/mol. The lowest BCUT2D eigenvalue weighted by Crippen LogP contribution is -2.41. The van der Waals surface area contributed by atoms with Gasteiger partial charge in [-0.15, -0.1) is 0 Å². The van der Waals surface area contributed by atoms with Gasteiger partial charge < -0.3 is 25.0 Å². The van der Waals surface area contributed by atoms with E-state index in [4.69, 9.17) is 9.47 Å². The molecular formula is C24H23N3O4. The first-order chi connectivity index (χ1) is 15.1. The van der Waals surface area contributed by atoms with Gasteiger partial charge in [0.2, 0.25) is 0 Å². The number of rotatable bonds is 6.